The number of aryl methyl sites for hydroxylation is 1. The predicted molar refractivity (Wildman–Crippen MR) is 68.7 cm³/mol. The minimum absolute atomic E-state index is 0.319. The van der Waals surface area contributed by atoms with E-state index < -0.39 is 0 Å². The maximum absolute atomic E-state index is 10.5. The highest BCUT2D eigenvalue weighted by atomic mass is 79.9. The first-order valence-corrected chi connectivity index (χ1v) is 6.50. The van der Waals surface area contributed by atoms with Gasteiger partial charge in [0.1, 0.15) is 6.29 Å². The van der Waals surface area contributed by atoms with Gasteiger partial charge in [0.15, 0.2) is 11.5 Å². The van der Waals surface area contributed by atoms with E-state index in [1.54, 1.807) is 7.11 Å². The molecule has 0 spiro atoms. The fraction of sp³-hybridized carbons (Fsp3) is 0.462. The summed E-state index contributed by atoms with van der Waals surface area (Å²) in [7, 11) is 1.63. The predicted octanol–water partition coefficient (Wildman–Crippen LogP) is 3.13. The molecule has 1 aliphatic rings. The summed E-state index contributed by atoms with van der Waals surface area (Å²) in [6.07, 6.45) is 4.63. The molecule has 0 heterocycles. The number of carbonyl (C=O) groups excluding carboxylic acids is 1. The maximum Gasteiger partial charge on any atom is 0.164 e. The lowest BCUT2D eigenvalue weighted by molar-refractivity contribution is -0.107. The van der Waals surface area contributed by atoms with Crippen LogP contribution in [-0.2, 0) is 11.2 Å². The molecule has 4 heteroatoms. The van der Waals surface area contributed by atoms with Gasteiger partial charge in [0, 0.05) is 10.9 Å². The van der Waals surface area contributed by atoms with E-state index in [0.717, 1.165) is 40.7 Å². The summed E-state index contributed by atoms with van der Waals surface area (Å²) in [6.45, 7) is 0. The third kappa shape index (κ3) is 3.22. The first-order chi connectivity index (χ1) is 8.24. The molecule has 0 amide bonds. The number of ether oxygens (including phenoxy) is 2. The number of halogens is 1. The molecule has 0 N–H and O–H groups in total. The van der Waals surface area contributed by atoms with E-state index in [-0.39, 0.29) is 0 Å². The first-order valence-electron chi connectivity index (χ1n) is 5.71. The molecule has 0 aromatic heterocycles. The monoisotopic (exact) mass is 298 g/mol. The van der Waals surface area contributed by atoms with Crippen molar-refractivity contribution in [2.75, 3.05) is 7.11 Å². The van der Waals surface area contributed by atoms with Gasteiger partial charge in [-0.1, -0.05) is 15.9 Å². The SMILES string of the molecule is COc1cc(Br)cc(CCC=O)c1OC1CC1. The molecular formula is C13H15BrO3. The van der Waals surface area contributed by atoms with E-state index in [0.29, 0.717) is 18.9 Å². The zero-order valence-corrected chi connectivity index (χ0v) is 11.3. The topological polar surface area (TPSA) is 35.5 Å². The zero-order chi connectivity index (χ0) is 12.3. The van der Waals surface area contributed by atoms with Crippen LogP contribution < -0.4 is 9.47 Å². The van der Waals surface area contributed by atoms with E-state index in [1.165, 1.54) is 0 Å². The molecule has 1 aromatic rings. The van der Waals surface area contributed by atoms with E-state index in [2.05, 4.69) is 15.9 Å². The Labute approximate surface area is 109 Å². The second-order valence-electron chi connectivity index (χ2n) is 4.12. The van der Waals surface area contributed by atoms with Gasteiger partial charge in [-0.2, -0.15) is 0 Å². The standard InChI is InChI=1S/C13H15BrO3/c1-16-12-8-10(14)7-9(3-2-6-15)13(12)17-11-4-5-11/h6-8,11H,2-5H2,1H3. The molecule has 1 saturated carbocycles. The van der Waals surface area contributed by atoms with Gasteiger partial charge in [0.25, 0.3) is 0 Å². The van der Waals surface area contributed by atoms with E-state index in [9.17, 15) is 4.79 Å². The number of benzene rings is 1. The average molecular weight is 299 g/mol. The molecule has 0 atom stereocenters. The molecule has 3 nitrogen and oxygen atoms in total. The molecule has 1 aromatic carbocycles. The highest BCUT2D eigenvalue weighted by Gasteiger charge is 2.26. The van der Waals surface area contributed by atoms with Crippen LogP contribution in [-0.4, -0.2) is 19.5 Å². The second kappa shape index (κ2) is 5.54. The van der Waals surface area contributed by atoms with Crippen molar-refractivity contribution in [2.24, 2.45) is 0 Å². The molecule has 0 saturated heterocycles. The van der Waals surface area contributed by atoms with Crippen molar-refractivity contribution in [1.29, 1.82) is 0 Å². The number of aldehydes is 1. The summed E-state index contributed by atoms with van der Waals surface area (Å²) < 4.78 is 12.1. The number of hydrogen-bond acceptors (Lipinski definition) is 3. The second-order valence-corrected chi connectivity index (χ2v) is 5.03. The highest BCUT2D eigenvalue weighted by Crippen LogP contribution is 2.39. The van der Waals surface area contributed by atoms with E-state index in [4.69, 9.17) is 9.47 Å². The Kier molecular flexibility index (Phi) is 4.05. The molecule has 1 fully saturated rings. The van der Waals surface area contributed by atoms with Gasteiger partial charge in [0.2, 0.25) is 0 Å². The van der Waals surface area contributed by atoms with Crippen LogP contribution in [0.3, 0.4) is 0 Å². The minimum Gasteiger partial charge on any atom is -0.493 e. The highest BCUT2D eigenvalue weighted by molar-refractivity contribution is 9.10. The summed E-state index contributed by atoms with van der Waals surface area (Å²) in [5.41, 5.74) is 1.02. The van der Waals surface area contributed by atoms with Crippen LogP contribution >= 0.6 is 15.9 Å². The summed E-state index contributed by atoms with van der Waals surface area (Å²) in [5, 5.41) is 0. The maximum atomic E-state index is 10.5. The smallest absolute Gasteiger partial charge is 0.164 e. The summed E-state index contributed by atoms with van der Waals surface area (Å²) in [6, 6.07) is 3.88. The summed E-state index contributed by atoms with van der Waals surface area (Å²) >= 11 is 3.44. The Bertz CT molecular complexity index is 413. The third-order valence-electron chi connectivity index (χ3n) is 2.66. The minimum atomic E-state index is 0.319. The van der Waals surface area contributed by atoms with Gasteiger partial charge < -0.3 is 14.3 Å². The molecule has 0 aliphatic heterocycles. The van der Waals surface area contributed by atoms with Crippen LogP contribution in [0.2, 0.25) is 0 Å². The lowest BCUT2D eigenvalue weighted by Gasteiger charge is -2.15. The number of carbonyl (C=O) groups is 1. The van der Waals surface area contributed by atoms with Crippen molar-refractivity contribution in [3.05, 3.63) is 22.2 Å². The lowest BCUT2D eigenvalue weighted by Crippen LogP contribution is -2.03. The summed E-state index contributed by atoms with van der Waals surface area (Å²) in [5.74, 6) is 1.52. The van der Waals surface area contributed by atoms with Crippen molar-refractivity contribution in [3.63, 3.8) is 0 Å². The van der Waals surface area contributed by atoms with Gasteiger partial charge in [0.05, 0.1) is 13.2 Å². The molecule has 0 radical (unpaired) electrons. The van der Waals surface area contributed by atoms with Crippen molar-refractivity contribution in [2.45, 2.75) is 31.8 Å². The van der Waals surface area contributed by atoms with E-state index in [1.807, 2.05) is 12.1 Å². The Morgan fingerprint density at radius 2 is 2.24 bits per heavy atom. The lowest BCUT2D eigenvalue weighted by atomic mass is 10.1. The van der Waals surface area contributed by atoms with Crippen LogP contribution in [0.15, 0.2) is 16.6 Å². The van der Waals surface area contributed by atoms with Crippen LogP contribution in [0.4, 0.5) is 0 Å². The number of hydrogen-bond donors (Lipinski definition) is 0. The van der Waals surface area contributed by atoms with Crippen molar-refractivity contribution < 1.29 is 14.3 Å². The molecule has 2 rings (SSSR count). The molecule has 0 unspecified atom stereocenters. The molecular weight excluding hydrogens is 284 g/mol. The van der Waals surface area contributed by atoms with Gasteiger partial charge in [-0.05, 0) is 37.0 Å². The van der Waals surface area contributed by atoms with Crippen molar-refractivity contribution in [1.82, 2.24) is 0 Å². The number of methoxy groups -OCH3 is 1. The fourth-order valence-electron chi connectivity index (χ4n) is 1.66. The van der Waals surface area contributed by atoms with Crippen LogP contribution in [0.25, 0.3) is 0 Å². The van der Waals surface area contributed by atoms with Gasteiger partial charge in [-0.15, -0.1) is 0 Å². The summed E-state index contributed by atoms with van der Waals surface area (Å²) in [4.78, 5) is 10.5. The Hall–Kier alpha value is -1.03. The largest absolute Gasteiger partial charge is 0.493 e. The molecule has 17 heavy (non-hydrogen) atoms. The van der Waals surface area contributed by atoms with E-state index >= 15 is 0 Å². The Balaban J connectivity index is 2.29. The van der Waals surface area contributed by atoms with Gasteiger partial charge in [-0.25, -0.2) is 0 Å². The first kappa shape index (κ1) is 12.4. The third-order valence-corrected chi connectivity index (χ3v) is 3.11. The molecule has 1 aliphatic carbocycles. The Morgan fingerprint density at radius 1 is 1.47 bits per heavy atom. The van der Waals surface area contributed by atoms with Crippen LogP contribution in [0.1, 0.15) is 24.8 Å². The van der Waals surface area contributed by atoms with Crippen molar-refractivity contribution in [3.8, 4) is 11.5 Å². The number of rotatable bonds is 6. The van der Waals surface area contributed by atoms with Gasteiger partial charge >= 0.3 is 0 Å². The fourth-order valence-corrected chi connectivity index (χ4v) is 2.15. The normalized spacial score (nSPS) is 14.5. The quantitative estimate of drug-likeness (QED) is 0.757. The van der Waals surface area contributed by atoms with Crippen LogP contribution in [0.5, 0.6) is 11.5 Å². The molecule has 0 bridgehead atoms. The van der Waals surface area contributed by atoms with Crippen LogP contribution in [0, 0.1) is 0 Å². The Morgan fingerprint density at radius 3 is 2.82 bits per heavy atom. The molecule has 92 valence electrons. The zero-order valence-electron chi connectivity index (χ0n) is 9.74. The van der Waals surface area contributed by atoms with Crippen molar-refractivity contribution >= 4 is 22.2 Å². The van der Waals surface area contributed by atoms with Gasteiger partial charge in [-0.3, -0.25) is 0 Å². The average Bonchev–Trinajstić information content (AvgIpc) is 3.12.